The Morgan fingerprint density at radius 2 is 0.957 bits per heavy atom. The Labute approximate surface area is 292 Å². The quantitative estimate of drug-likeness (QED) is 0.0482. The SMILES string of the molecule is CCCCCCOC(=O)CCCCCCCN(CCCCCCCC(=O)OC(CCCCC)CCCCCC)CCOCCN(C)C. The molecule has 0 N–H and O–H groups in total. The number of carbonyl (C=O) groups is 2. The van der Waals surface area contributed by atoms with E-state index in [0.717, 1.165) is 90.8 Å². The molecule has 0 aromatic carbocycles. The van der Waals surface area contributed by atoms with Gasteiger partial charge in [-0.2, -0.15) is 0 Å². The van der Waals surface area contributed by atoms with Gasteiger partial charge in [0.1, 0.15) is 6.10 Å². The summed E-state index contributed by atoms with van der Waals surface area (Å²) >= 11 is 0. The minimum atomic E-state index is -0.0264. The second-order valence-corrected chi connectivity index (χ2v) is 14.0. The Balaban J connectivity index is 4.19. The molecular formula is C40H80N2O5. The summed E-state index contributed by atoms with van der Waals surface area (Å²) in [5.74, 6) is -0.0124. The van der Waals surface area contributed by atoms with Gasteiger partial charge in [0.15, 0.2) is 0 Å². The van der Waals surface area contributed by atoms with E-state index in [1.807, 2.05) is 0 Å². The Bertz CT molecular complexity index is 675. The summed E-state index contributed by atoms with van der Waals surface area (Å²) in [4.78, 5) is 29.2. The Kier molecular flexibility index (Phi) is 35.2. The van der Waals surface area contributed by atoms with Crippen LogP contribution in [0.1, 0.15) is 181 Å². The first-order chi connectivity index (χ1) is 22.9. The lowest BCUT2D eigenvalue weighted by atomic mass is 10.0. The molecule has 0 aromatic heterocycles. The molecule has 0 aliphatic heterocycles. The predicted octanol–water partition coefficient (Wildman–Crippen LogP) is 10.1. The smallest absolute Gasteiger partial charge is 0.306 e. The van der Waals surface area contributed by atoms with Crippen molar-refractivity contribution in [2.45, 2.75) is 187 Å². The molecule has 7 nitrogen and oxygen atoms in total. The molecule has 0 aliphatic carbocycles. The van der Waals surface area contributed by atoms with Gasteiger partial charge in [0, 0.05) is 25.9 Å². The molecule has 0 aliphatic rings. The van der Waals surface area contributed by atoms with Crippen molar-refractivity contribution in [2.75, 3.05) is 60.1 Å². The standard InChI is InChI=1S/C40H80N2O5/c1-6-9-12-21-28-38(27-20-11-8-3)47-40(44)30-23-17-15-19-25-32-42(34-37-45-36-33-41(4)5)31-24-18-14-16-22-29-39(43)46-35-26-13-10-7-2/h38H,6-37H2,1-5H3. The minimum absolute atomic E-state index is 0.0140. The summed E-state index contributed by atoms with van der Waals surface area (Å²) in [7, 11) is 4.16. The number of nitrogens with zero attached hydrogens (tertiary/aromatic N) is 2. The maximum atomic E-state index is 12.6. The van der Waals surface area contributed by atoms with Crippen molar-refractivity contribution in [2.24, 2.45) is 0 Å². The van der Waals surface area contributed by atoms with Crippen LogP contribution in [0.5, 0.6) is 0 Å². The van der Waals surface area contributed by atoms with Crippen LogP contribution < -0.4 is 0 Å². The van der Waals surface area contributed by atoms with E-state index >= 15 is 0 Å². The van der Waals surface area contributed by atoms with Gasteiger partial charge >= 0.3 is 11.9 Å². The Hall–Kier alpha value is -1.18. The predicted molar refractivity (Wildman–Crippen MR) is 199 cm³/mol. The van der Waals surface area contributed by atoms with E-state index in [1.54, 1.807) is 0 Å². The number of likely N-dealkylation sites (N-methyl/N-ethyl adjacent to an activating group) is 1. The first-order valence-electron chi connectivity index (χ1n) is 20.2. The molecule has 7 heteroatoms. The van der Waals surface area contributed by atoms with E-state index in [-0.39, 0.29) is 18.0 Å². The molecule has 0 amide bonds. The molecule has 0 fully saturated rings. The zero-order valence-corrected chi connectivity index (χ0v) is 32.1. The van der Waals surface area contributed by atoms with Gasteiger partial charge < -0.3 is 24.0 Å². The highest BCUT2D eigenvalue weighted by molar-refractivity contribution is 5.69. The Morgan fingerprint density at radius 1 is 0.489 bits per heavy atom. The maximum absolute atomic E-state index is 12.6. The van der Waals surface area contributed by atoms with Gasteiger partial charge in [-0.25, -0.2) is 0 Å². The van der Waals surface area contributed by atoms with E-state index in [9.17, 15) is 9.59 Å². The molecule has 0 heterocycles. The van der Waals surface area contributed by atoms with E-state index in [4.69, 9.17) is 14.2 Å². The lowest BCUT2D eigenvalue weighted by Crippen LogP contribution is -2.30. The number of ether oxygens (including phenoxy) is 3. The fourth-order valence-electron chi connectivity index (χ4n) is 5.86. The largest absolute Gasteiger partial charge is 0.466 e. The van der Waals surface area contributed by atoms with E-state index in [1.165, 1.54) is 96.3 Å². The first kappa shape index (κ1) is 45.8. The highest BCUT2D eigenvalue weighted by Gasteiger charge is 2.14. The number of esters is 2. The zero-order chi connectivity index (χ0) is 34.6. The summed E-state index contributed by atoms with van der Waals surface area (Å²) in [5, 5.41) is 0. The van der Waals surface area contributed by atoms with Crippen LogP contribution in [0.15, 0.2) is 0 Å². The first-order valence-corrected chi connectivity index (χ1v) is 20.2. The molecular weight excluding hydrogens is 588 g/mol. The van der Waals surface area contributed by atoms with Crippen molar-refractivity contribution in [3.8, 4) is 0 Å². The highest BCUT2D eigenvalue weighted by atomic mass is 16.5. The molecule has 0 rings (SSSR count). The van der Waals surface area contributed by atoms with Crippen molar-refractivity contribution in [1.29, 1.82) is 0 Å². The van der Waals surface area contributed by atoms with Crippen molar-refractivity contribution in [3.05, 3.63) is 0 Å². The average molecular weight is 669 g/mol. The molecule has 1 unspecified atom stereocenters. The maximum Gasteiger partial charge on any atom is 0.306 e. The topological polar surface area (TPSA) is 68.3 Å². The summed E-state index contributed by atoms with van der Waals surface area (Å²) in [6.07, 6.45) is 27.7. The second kappa shape index (κ2) is 36.1. The summed E-state index contributed by atoms with van der Waals surface area (Å²) < 4.78 is 17.2. The van der Waals surface area contributed by atoms with E-state index in [2.05, 4.69) is 44.7 Å². The van der Waals surface area contributed by atoms with Crippen molar-refractivity contribution < 1.29 is 23.8 Å². The highest BCUT2D eigenvalue weighted by Crippen LogP contribution is 2.17. The lowest BCUT2D eigenvalue weighted by Gasteiger charge is -2.22. The van der Waals surface area contributed by atoms with Gasteiger partial charge in [-0.15, -0.1) is 0 Å². The van der Waals surface area contributed by atoms with Gasteiger partial charge in [-0.05, 0) is 85.0 Å². The molecule has 0 radical (unpaired) electrons. The summed E-state index contributed by atoms with van der Waals surface area (Å²) in [6.45, 7) is 13.0. The van der Waals surface area contributed by atoms with Crippen LogP contribution in [0.25, 0.3) is 0 Å². The van der Waals surface area contributed by atoms with E-state index < -0.39 is 0 Å². The molecule has 47 heavy (non-hydrogen) atoms. The molecule has 280 valence electrons. The number of unbranched alkanes of at least 4 members (excludes halogenated alkanes) is 16. The van der Waals surface area contributed by atoms with Gasteiger partial charge in [-0.1, -0.05) is 111 Å². The van der Waals surface area contributed by atoms with Gasteiger partial charge in [0.25, 0.3) is 0 Å². The van der Waals surface area contributed by atoms with Crippen molar-refractivity contribution in [1.82, 2.24) is 9.80 Å². The van der Waals surface area contributed by atoms with Crippen LogP contribution in [0.3, 0.4) is 0 Å². The van der Waals surface area contributed by atoms with Gasteiger partial charge in [0.05, 0.1) is 19.8 Å². The van der Waals surface area contributed by atoms with Crippen LogP contribution in [-0.4, -0.2) is 87.9 Å². The molecule has 0 spiro atoms. The van der Waals surface area contributed by atoms with Crippen LogP contribution in [0.4, 0.5) is 0 Å². The van der Waals surface area contributed by atoms with Gasteiger partial charge in [-0.3, -0.25) is 9.59 Å². The average Bonchev–Trinajstić information content (AvgIpc) is 3.04. The van der Waals surface area contributed by atoms with Crippen LogP contribution in [-0.2, 0) is 23.8 Å². The van der Waals surface area contributed by atoms with Crippen LogP contribution in [0, 0.1) is 0 Å². The molecule has 1 atom stereocenters. The van der Waals surface area contributed by atoms with Crippen LogP contribution in [0.2, 0.25) is 0 Å². The molecule has 0 aromatic rings. The number of carbonyl (C=O) groups excluding carboxylic acids is 2. The molecule has 0 bridgehead atoms. The van der Waals surface area contributed by atoms with Crippen LogP contribution >= 0.6 is 0 Å². The third kappa shape index (κ3) is 34.5. The summed E-state index contributed by atoms with van der Waals surface area (Å²) in [5.41, 5.74) is 0. The monoisotopic (exact) mass is 669 g/mol. The lowest BCUT2D eigenvalue weighted by molar-refractivity contribution is -0.150. The van der Waals surface area contributed by atoms with E-state index in [0.29, 0.717) is 19.4 Å². The fraction of sp³-hybridized carbons (Fsp3) is 0.950. The van der Waals surface area contributed by atoms with Crippen molar-refractivity contribution in [3.63, 3.8) is 0 Å². The van der Waals surface area contributed by atoms with Crippen molar-refractivity contribution >= 4 is 11.9 Å². The zero-order valence-electron chi connectivity index (χ0n) is 32.1. The third-order valence-corrected chi connectivity index (χ3v) is 9.01. The Morgan fingerprint density at radius 3 is 1.55 bits per heavy atom. The second-order valence-electron chi connectivity index (χ2n) is 14.0. The number of hydrogen-bond acceptors (Lipinski definition) is 7. The molecule has 0 saturated carbocycles. The minimum Gasteiger partial charge on any atom is -0.466 e. The molecule has 0 saturated heterocycles. The van der Waals surface area contributed by atoms with Gasteiger partial charge in [0.2, 0.25) is 0 Å². The number of rotatable bonds is 37. The number of hydrogen-bond donors (Lipinski definition) is 0. The summed E-state index contributed by atoms with van der Waals surface area (Å²) in [6, 6.07) is 0. The fourth-order valence-corrected chi connectivity index (χ4v) is 5.86. The normalized spacial score (nSPS) is 12.2. The third-order valence-electron chi connectivity index (χ3n) is 9.01.